The third-order valence-electron chi connectivity index (χ3n) is 5.30. The number of hydrogen-bond acceptors (Lipinski definition) is 6. The molecule has 1 aromatic heterocycles. The Hall–Kier alpha value is -3.60. The fraction of sp³-hybridized carbons (Fsp3) is 0.280. The number of rotatable bonds is 7. The summed E-state index contributed by atoms with van der Waals surface area (Å²) in [7, 11) is 3.14. The molecule has 7 nitrogen and oxygen atoms in total. The molecule has 3 aromatic rings. The monoisotopic (exact) mass is 432 g/mol. The van der Waals surface area contributed by atoms with Gasteiger partial charge in [-0.3, -0.25) is 4.98 Å². The van der Waals surface area contributed by atoms with Crippen LogP contribution in [0.3, 0.4) is 0 Å². The highest BCUT2D eigenvalue weighted by atomic mass is 16.7. The summed E-state index contributed by atoms with van der Waals surface area (Å²) in [5.41, 5.74) is 4.27. The molecule has 164 valence electrons. The molecule has 0 amide bonds. The Balaban J connectivity index is 1.87. The van der Waals surface area contributed by atoms with E-state index < -0.39 is 6.29 Å². The lowest BCUT2D eigenvalue weighted by molar-refractivity contribution is -0.0476. The van der Waals surface area contributed by atoms with Crippen LogP contribution in [0.15, 0.2) is 48.7 Å². The minimum atomic E-state index is -0.553. The zero-order chi connectivity index (χ0) is 22.5. The first kappa shape index (κ1) is 21.6. The highest BCUT2D eigenvalue weighted by Crippen LogP contribution is 2.48. The standard InChI is InChI=1S/C25H24N2O5/c1-16-21(19(26-2)14-27-22(16)25-30-12-13-31-25)18-10-11-20(28-3)24(29-4)23(18)32-15-17-8-6-5-7-9-17/h5-11,14,25H,12-13,15H2,1,3-4H3. The summed E-state index contributed by atoms with van der Waals surface area (Å²) in [6, 6.07) is 13.5. The highest BCUT2D eigenvalue weighted by molar-refractivity contribution is 5.87. The van der Waals surface area contributed by atoms with Gasteiger partial charge < -0.3 is 23.7 Å². The SMILES string of the molecule is [C-]#[N+]c1cnc(C2OCCO2)c(C)c1-c1ccc(OC)c(OC)c1OCc1ccccc1. The zero-order valence-electron chi connectivity index (χ0n) is 18.3. The minimum absolute atomic E-state index is 0.330. The van der Waals surface area contributed by atoms with Gasteiger partial charge in [-0.1, -0.05) is 30.3 Å². The van der Waals surface area contributed by atoms with Gasteiger partial charge in [-0.25, -0.2) is 4.85 Å². The van der Waals surface area contributed by atoms with Crippen LogP contribution in [0.5, 0.6) is 17.2 Å². The molecule has 0 bridgehead atoms. The topological polar surface area (TPSA) is 63.4 Å². The molecule has 2 heterocycles. The second-order valence-electron chi connectivity index (χ2n) is 7.17. The Labute approximate surface area is 187 Å². The first-order valence-electron chi connectivity index (χ1n) is 10.2. The lowest BCUT2D eigenvalue weighted by Gasteiger charge is -2.21. The largest absolute Gasteiger partial charge is 0.493 e. The second-order valence-corrected chi connectivity index (χ2v) is 7.17. The summed E-state index contributed by atoms with van der Waals surface area (Å²) >= 11 is 0. The number of ether oxygens (including phenoxy) is 5. The molecule has 1 fully saturated rings. The van der Waals surface area contributed by atoms with Gasteiger partial charge >= 0.3 is 0 Å². The summed E-state index contributed by atoms with van der Waals surface area (Å²) in [6.45, 7) is 11.0. The van der Waals surface area contributed by atoms with Crippen LogP contribution in [-0.2, 0) is 16.1 Å². The molecule has 7 heteroatoms. The molecule has 2 aromatic carbocycles. The maximum absolute atomic E-state index is 7.72. The van der Waals surface area contributed by atoms with Crippen LogP contribution in [0.4, 0.5) is 5.69 Å². The number of benzene rings is 2. The lowest BCUT2D eigenvalue weighted by atomic mass is 9.96. The molecule has 0 aliphatic carbocycles. The lowest BCUT2D eigenvalue weighted by Crippen LogP contribution is -2.06. The summed E-state index contributed by atoms with van der Waals surface area (Å²) < 4.78 is 28.8. The molecule has 1 aliphatic rings. The number of pyridine rings is 1. The van der Waals surface area contributed by atoms with Crippen LogP contribution in [0.25, 0.3) is 16.0 Å². The van der Waals surface area contributed by atoms with Crippen molar-refractivity contribution >= 4 is 5.69 Å². The van der Waals surface area contributed by atoms with E-state index >= 15 is 0 Å². The molecule has 0 radical (unpaired) electrons. The molecule has 0 saturated carbocycles. The number of aromatic nitrogens is 1. The van der Waals surface area contributed by atoms with Gasteiger partial charge in [0.2, 0.25) is 17.7 Å². The van der Waals surface area contributed by atoms with E-state index in [-0.39, 0.29) is 0 Å². The Kier molecular flexibility index (Phi) is 6.55. The van der Waals surface area contributed by atoms with E-state index in [2.05, 4.69) is 9.83 Å². The molecular formula is C25H24N2O5. The predicted octanol–water partition coefficient (Wildman–Crippen LogP) is 5.25. The van der Waals surface area contributed by atoms with E-state index in [1.54, 1.807) is 26.5 Å². The maximum Gasteiger partial charge on any atom is 0.213 e. The van der Waals surface area contributed by atoms with Crippen molar-refractivity contribution in [2.45, 2.75) is 19.8 Å². The molecule has 1 saturated heterocycles. The van der Waals surface area contributed by atoms with E-state index in [9.17, 15) is 0 Å². The van der Waals surface area contributed by atoms with Gasteiger partial charge in [0.15, 0.2) is 11.5 Å². The molecule has 1 aliphatic heterocycles. The van der Waals surface area contributed by atoms with Crippen LogP contribution in [0.2, 0.25) is 0 Å². The molecule has 0 unspecified atom stereocenters. The third kappa shape index (κ3) is 4.11. The molecular weight excluding hydrogens is 408 g/mol. The van der Waals surface area contributed by atoms with Gasteiger partial charge in [-0.15, -0.1) is 0 Å². The van der Waals surface area contributed by atoms with Crippen molar-refractivity contribution in [3.05, 3.63) is 76.9 Å². The van der Waals surface area contributed by atoms with Crippen molar-refractivity contribution in [3.8, 4) is 28.4 Å². The van der Waals surface area contributed by atoms with Gasteiger partial charge in [-0.2, -0.15) is 0 Å². The summed E-state index contributed by atoms with van der Waals surface area (Å²) in [5, 5.41) is 0. The van der Waals surface area contributed by atoms with Crippen molar-refractivity contribution in [1.82, 2.24) is 4.98 Å². The van der Waals surface area contributed by atoms with E-state index in [1.807, 2.05) is 43.3 Å². The van der Waals surface area contributed by atoms with Crippen molar-refractivity contribution in [2.24, 2.45) is 0 Å². The van der Waals surface area contributed by atoms with Crippen LogP contribution in [0.1, 0.15) is 23.1 Å². The summed E-state index contributed by atoms with van der Waals surface area (Å²) in [4.78, 5) is 8.17. The fourth-order valence-corrected chi connectivity index (χ4v) is 3.76. The molecule has 32 heavy (non-hydrogen) atoms. The first-order valence-corrected chi connectivity index (χ1v) is 10.2. The molecule has 4 rings (SSSR count). The number of nitrogens with zero attached hydrogens (tertiary/aromatic N) is 2. The third-order valence-corrected chi connectivity index (χ3v) is 5.30. The van der Waals surface area contributed by atoms with Crippen molar-refractivity contribution in [2.75, 3.05) is 27.4 Å². The fourth-order valence-electron chi connectivity index (χ4n) is 3.76. The average molecular weight is 432 g/mol. The summed E-state index contributed by atoms with van der Waals surface area (Å²) in [6.07, 6.45) is 0.996. The van der Waals surface area contributed by atoms with Gasteiger partial charge in [0.25, 0.3) is 0 Å². The predicted molar refractivity (Wildman–Crippen MR) is 119 cm³/mol. The average Bonchev–Trinajstić information content (AvgIpc) is 3.37. The number of hydrogen-bond donors (Lipinski definition) is 0. The van der Waals surface area contributed by atoms with E-state index in [0.29, 0.717) is 59.6 Å². The van der Waals surface area contributed by atoms with Gasteiger partial charge in [0.05, 0.1) is 39.7 Å². The highest BCUT2D eigenvalue weighted by Gasteiger charge is 2.27. The first-order chi connectivity index (χ1) is 15.7. The zero-order valence-corrected chi connectivity index (χ0v) is 18.3. The van der Waals surface area contributed by atoms with Crippen molar-refractivity contribution < 1.29 is 23.7 Å². The van der Waals surface area contributed by atoms with Gasteiger partial charge in [-0.05, 0) is 35.7 Å². The van der Waals surface area contributed by atoms with Crippen molar-refractivity contribution in [3.63, 3.8) is 0 Å². The van der Waals surface area contributed by atoms with Gasteiger partial charge in [0, 0.05) is 11.8 Å². The van der Waals surface area contributed by atoms with E-state index in [0.717, 1.165) is 11.1 Å². The van der Waals surface area contributed by atoms with Crippen LogP contribution in [0, 0.1) is 13.5 Å². The Morgan fingerprint density at radius 2 is 1.78 bits per heavy atom. The number of methoxy groups -OCH3 is 2. The Bertz CT molecular complexity index is 1140. The normalized spacial score (nSPS) is 13.6. The second kappa shape index (κ2) is 9.69. The van der Waals surface area contributed by atoms with Crippen LogP contribution >= 0.6 is 0 Å². The van der Waals surface area contributed by atoms with Crippen LogP contribution < -0.4 is 14.2 Å². The van der Waals surface area contributed by atoms with Crippen LogP contribution in [-0.4, -0.2) is 32.4 Å². The molecule has 0 N–H and O–H groups in total. The quantitative estimate of drug-likeness (QED) is 0.475. The van der Waals surface area contributed by atoms with E-state index in [4.69, 9.17) is 30.3 Å². The van der Waals surface area contributed by atoms with Crippen molar-refractivity contribution in [1.29, 1.82) is 0 Å². The summed E-state index contributed by atoms with van der Waals surface area (Å²) in [5.74, 6) is 1.50. The Morgan fingerprint density at radius 3 is 2.44 bits per heavy atom. The molecule has 0 atom stereocenters. The van der Waals surface area contributed by atoms with Gasteiger partial charge in [0.1, 0.15) is 6.61 Å². The minimum Gasteiger partial charge on any atom is -0.493 e. The smallest absolute Gasteiger partial charge is 0.213 e. The maximum atomic E-state index is 7.72. The Morgan fingerprint density at radius 1 is 1.03 bits per heavy atom. The van der Waals surface area contributed by atoms with E-state index in [1.165, 1.54) is 0 Å². The molecule has 0 spiro atoms.